The quantitative estimate of drug-likeness (QED) is 0.844. The Balaban J connectivity index is 1.26. The minimum atomic E-state index is -0.439. The number of thiophene rings is 1. The Hall–Kier alpha value is -1.21. The van der Waals surface area contributed by atoms with Gasteiger partial charge in [-0.25, -0.2) is 4.98 Å². The molecular weight excluding hydrogens is 344 g/mol. The fraction of sp³-hybridized carbons (Fsp3) is 0.650. The first-order chi connectivity index (χ1) is 12.7. The third-order valence-corrected chi connectivity index (χ3v) is 6.86. The van der Waals surface area contributed by atoms with Gasteiger partial charge in [-0.2, -0.15) is 0 Å². The minimum absolute atomic E-state index is 0.321. The summed E-state index contributed by atoms with van der Waals surface area (Å²) in [6.07, 6.45) is 8.03. The van der Waals surface area contributed by atoms with Crippen LogP contribution in [0.15, 0.2) is 23.8 Å². The molecule has 26 heavy (non-hydrogen) atoms. The van der Waals surface area contributed by atoms with Crippen LogP contribution in [0.2, 0.25) is 0 Å². The van der Waals surface area contributed by atoms with Gasteiger partial charge in [0.15, 0.2) is 0 Å². The van der Waals surface area contributed by atoms with Crippen molar-refractivity contribution < 1.29 is 5.11 Å². The van der Waals surface area contributed by atoms with Crippen LogP contribution >= 0.6 is 11.3 Å². The predicted octanol–water partition coefficient (Wildman–Crippen LogP) is 3.02. The molecule has 0 saturated carbocycles. The number of hydrogen-bond acceptors (Lipinski definition) is 5. The van der Waals surface area contributed by atoms with Crippen LogP contribution in [-0.2, 0) is 20.1 Å². The largest absolute Gasteiger partial charge is 0.385 e. The first kappa shape index (κ1) is 18.2. The molecule has 2 aromatic rings. The molecule has 1 atom stereocenters. The molecule has 5 nitrogen and oxygen atoms in total. The summed E-state index contributed by atoms with van der Waals surface area (Å²) in [5.41, 5.74) is 1.48. The van der Waals surface area contributed by atoms with Crippen molar-refractivity contribution in [1.29, 1.82) is 0 Å². The number of likely N-dealkylation sites (tertiary alicyclic amines) is 2. The molecule has 142 valence electrons. The summed E-state index contributed by atoms with van der Waals surface area (Å²) in [6, 6.07) is 2.40. The van der Waals surface area contributed by atoms with Gasteiger partial charge in [-0.05, 0) is 74.8 Å². The lowest BCUT2D eigenvalue weighted by atomic mass is 9.90. The van der Waals surface area contributed by atoms with Crippen LogP contribution in [-0.4, -0.2) is 50.6 Å². The average molecular weight is 375 g/mol. The number of rotatable bonds is 6. The molecule has 0 unspecified atom stereocenters. The van der Waals surface area contributed by atoms with Crippen LogP contribution in [0.5, 0.6) is 0 Å². The van der Waals surface area contributed by atoms with Gasteiger partial charge >= 0.3 is 0 Å². The number of nitrogens with zero attached hydrogens (tertiary/aromatic N) is 4. The fourth-order valence-electron chi connectivity index (χ4n) is 4.31. The van der Waals surface area contributed by atoms with E-state index in [1.54, 1.807) is 6.20 Å². The maximum Gasteiger partial charge on any atom is 0.137 e. The van der Waals surface area contributed by atoms with Gasteiger partial charge in [-0.1, -0.05) is 0 Å². The number of aromatic nitrogens is 2. The van der Waals surface area contributed by atoms with Gasteiger partial charge in [0.1, 0.15) is 11.9 Å². The molecule has 2 aromatic heterocycles. The summed E-state index contributed by atoms with van der Waals surface area (Å²) in [5, 5.41) is 13.0. The van der Waals surface area contributed by atoms with Gasteiger partial charge in [0.05, 0.1) is 0 Å². The Labute approximate surface area is 160 Å². The molecule has 2 aliphatic rings. The molecule has 2 saturated heterocycles. The Kier molecular flexibility index (Phi) is 5.74. The summed E-state index contributed by atoms with van der Waals surface area (Å²) in [4.78, 5) is 10.9. The molecule has 1 N–H and O–H groups in total. The van der Waals surface area contributed by atoms with Gasteiger partial charge in [-0.3, -0.25) is 9.80 Å². The molecule has 0 bridgehead atoms. The van der Waals surface area contributed by atoms with Crippen LogP contribution in [0, 0.1) is 5.92 Å². The highest BCUT2D eigenvalue weighted by atomic mass is 32.1. The van der Waals surface area contributed by atoms with Crippen molar-refractivity contribution in [3.05, 3.63) is 40.1 Å². The minimum Gasteiger partial charge on any atom is -0.385 e. The summed E-state index contributed by atoms with van der Waals surface area (Å²) in [7, 11) is 1.96. The molecule has 0 aliphatic carbocycles. The molecule has 0 amide bonds. The third kappa shape index (κ3) is 4.19. The Morgan fingerprint density at radius 2 is 1.88 bits per heavy atom. The number of piperidine rings is 1. The fourth-order valence-corrected chi connectivity index (χ4v) is 5.23. The zero-order valence-electron chi connectivity index (χ0n) is 15.7. The van der Waals surface area contributed by atoms with Crippen molar-refractivity contribution in [2.24, 2.45) is 13.0 Å². The first-order valence-corrected chi connectivity index (χ1v) is 10.7. The lowest BCUT2D eigenvalue weighted by Crippen LogP contribution is -2.35. The van der Waals surface area contributed by atoms with Crippen LogP contribution < -0.4 is 0 Å². The molecular formula is C20H30N4OS. The highest BCUT2D eigenvalue weighted by Crippen LogP contribution is 2.31. The number of imidazole rings is 1. The molecule has 2 aliphatic heterocycles. The maximum atomic E-state index is 10.6. The molecule has 2 fully saturated rings. The summed E-state index contributed by atoms with van der Waals surface area (Å²) in [5.74, 6) is 1.12. The van der Waals surface area contributed by atoms with Crippen LogP contribution in [0.1, 0.15) is 48.1 Å². The van der Waals surface area contributed by atoms with Crippen molar-refractivity contribution in [3.63, 3.8) is 0 Å². The van der Waals surface area contributed by atoms with E-state index in [0.29, 0.717) is 5.92 Å². The van der Waals surface area contributed by atoms with E-state index in [-0.39, 0.29) is 0 Å². The van der Waals surface area contributed by atoms with Crippen molar-refractivity contribution >= 4 is 11.3 Å². The van der Waals surface area contributed by atoms with Crippen LogP contribution in [0.4, 0.5) is 0 Å². The number of aliphatic hydroxyl groups is 1. The molecule has 6 heteroatoms. The normalized spacial score (nSPS) is 21.5. The van der Waals surface area contributed by atoms with E-state index >= 15 is 0 Å². The van der Waals surface area contributed by atoms with Crippen molar-refractivity contribution in [3.8, 4) is 0 Å². The predicted molar refractivity (Wildman–Crippen MR) is 105 cm³/mol. The molecule has 4 heterocycles. The van der Waals surface area contributed by atoms with Crippen LogP contribution in [0.25, 0.3) is 0 Å². The van der Waals surface area contributed by atoms with E-state index in [4.69, 9.17) is 0 Å². The number of aliphatic hydroxyl groups excluding tert-OH is 1. The smallest absolute Gasteiger partial charge is 0.137 e. The summed E-state index contributed by atoms with van der Waals surface area (Å²) < 4.78 is 1.94. The average Bonchev–Trinajstić information content (AvgIpc) is 3.39. The van der Waals surface area contributed by atoms with Gasteiger partial charge in [0.2, 0.25) is 0 Å². The number of hydrogen-bond donors (Lipinski definition) is 1. The second-order valence-electron chi connectivity index (χ2n) is 7.86. The highest BCUT2D eigenvalue weighted by molar-refractivity contribution is 7.10. The molecule has 0 aromatic carbocycles. The van der Waals surface area contributed by atoms with Crippen molar-refractivity contribution in [2.45, 2.75) is 44.9 Å². The van der Waals surface area contributed by atoms with E-state index in [9.17, 15) is 5.11 Å². The van der Waals surface area contributed by atoms with E-state index < -0.39 is 6.10 Å². The second-order valence-corrected chi connectivity index (χ2v) is 8.86. The lowest BCUT2D eigenvalue weighted by molar-refractivity contribution is 0.0494. The Bertz CT molecular complexity index is 698. The maximum absolute atomic E-state index is 10.6. The van der Waals surface area contributed by atoms with E-state index in [1.807, 2.05) is 29.1 Å². The number of aryl methyl sites for hydroxylation is 1. The Morgan fingerprint density at radius 1 is 1.15 bits per heavy atom. The topological polar surface area (TPSA) is 44.5 Å². The van der Waals surface area contributed by atoms with Gasteiger partial charge < -0.3 is 9.67 Å². The van der Waals surface area contributed by atoms with Gasteiger partial charge in [0, 0.05) is 37.4 Å². The molecule has 4 rings (SSSR count). The second kappa shape index (κ2) is 8.21. The van der Waals surface area contributed by atoms with E-state index in [2.05, 4.69) is 26.2 Å². The molecule has 0 spiro atoms. The standard InChI is InChI=1S/C20H30N4OS/c1-22-11-6-21-20(22)19(25)17-4-9-24(10-5-17)14-18-12-16(15-26-18)13-23-7-2-3-8-23/h6,11-12,15,17,19,25H,2-5,7-10,13-14H2,1H3/t19-/m1/s1. The summed E-state index contributed by atoms with van der Waals surface area (Å²) >= 11 is 1.90. The zero-order valence-corrected chi connectivity index (χ0v) is 16.5. The van der Waals surface area contributed by atoms with Gasteiger partial charge in [0.25, 0.3) is 0 Å². The molecule has 0 radical (unpaired) electrons. The highest BCUT2D eigenvalue weighted by Gasteiger charge is 2.28. The zero-order chi connectivity index (χ0) is 17.9. The Morgan fingerprint density at radius 3 is 2.58 bits per heavy atom. The van der Waals surface area contributed by atoms with E-state index in [0.717, 1.165) is 44.8 Å². The summed E-state index contributed by atoms with van der Waals surface area (Å²) in [6.45, 7) is 6.81. The lowest BCUT2D eigenvalue weighted by Gasteiger charge is -2.33. The first-order valence-electron chi connectivity index (χ1n) is 9.85. The SMILES string of the molecule is Cn1ccnc1[C@H](O)C1CCN(Cc2cc(CN3CCCC3)cs2)CC1. The van der Waals surface area contributed by atoms with Gasteiger partial charge in [-0.15, -0.1) is 11.3 Å². The monoisotopic (exact) mass is 374 g/mol. The third-order valence-electron chi connectivity index (χ3n) is 5.89. The van der Waals surface area contributed by atoms with Crippen molar-refractivity contribution in [2.75, 3.05) is 26.2 Å². The van der Waals surface area contributed by atoms with Crippen molar-refractivity contribution in [1.82, 2.24) is 19.4 Å². The van der Waals surface area contributed by atoms with Crippen LogP contribution in [0.3, 0.4) is 0 Å². The van der Waals surface area contributed by atoms with E-state index in [1.165, 1.54) is 36.4 Å².